The van der Waals surface area contributed by atoms with Gasteiger partial charge in [0, 0.05) is 6.54 Å². The molecule has 0 atom stereocenters. The molecule has 0 radical (unpaired) electrons. The molecule has 0 aliphatic heterocycles. The van der Waals surface area contributed by atoms with Gasteiger partial charge in [-0.05, 0) is 22.4 Å². The monoisotopic (exact) mass is 233 g/mol. The Hall–Kier alpha value is -0.280. The van der Waals surface area contributed by atoms with Crippen LogP contribution in [-0.4, -0.2) is 0 Å². The number of nitrogens with two attached hydrogens (primary N) is 1. The highest BCUT2D eigenvalue weighted by Crippen LogP contribution is 2.31. The van der Waals surface area contributed by atoms with Crippen LogP contribution >= 0.6 is 35.3 Å². The number of thiophene rings is 1. The van der Waals surface area contributed by atoms with Gasteiger partial charge in [-0.1, -0.05) is 23.7 Å². The highest BCUT2D eigenvalue weighted by Gasteiger charge is 2.03. The summed E-state index contributed by atoms with van der Waals surface area (Å²) in [6.45, 7) is 0.584. The Bertz CT molecular complexity index is 411. The van der Waals surface area contributed by atoms with Crippen molar-refractivity contribution in [3.63, 3.8) is 0 Å². The first-order chi connectivity index (χ1) is 5.83. The molecule has 2 N–H and O–H groups in total. The average Bonchev–Trinajstić information content (AvgIpc) is 2.49. The summed E-state index contributed by atoms with van der Waals surface area (Å²) < 4.78 is 1.14. The summed E-state index contributed by atoms with van der Waals surface area (Å²) in [5.41, 5.74) is 6.75. The number of halogens is 2. The zero-order valence-electron chi connectivity index (χ0n) is 6.79. The molecule has 1 aromatic heterocycles. The maximum Gasteiger partial charge on any atom is 0.0584 e. The number of rotatable bonds is 1. The van der Waals surface area contributed by atoms with E-state index in [1.165, 1.54) is 10.9 Å². The van der Waals surface area contributed by atoms with Crippen molar-refractivity contribution in [1.29, 1.82) is 0 Å². The summed E-state index contributed by atoms with van der Waals surface area (Å²) >= 11 is 7.65. The van der Waals surface area contributed by atoms with Gasteiger partial charge in [-0.25, -0.2) is 0 Å². The Morgan fingerprint density at radius 2 is 2.15 bits per heavy atom. The summed E-state index contributed by atoms with van der Waals surface area (Å²) in [4.78, 5) is 0. The van der Waals surface area contributed by atoms with Gasteiger partial charge >= 0.3 is 0 Å². The summed E-state index contributed by atoms with van der Waals surface area (Å²) in [5.74, 6) is 0. The zero-order valence-corrected chi connectivity index (χ0v) is 9.18. The van der Waals surface area contributed by atoms with Crippen LogP contribution in [0.25, 0.3) is 10.1 Å². The van der Waals surface area contributed by atoms with E-state index in [4.69, 9.17) is 17.3 Å². The molecule has 1 heterocycles. The van der Waals surface area contributed by atoms with Gasteiger partial charge in [-0.15, -0.1) is 23.7 Å². The van der Waals surface area contributed by atoms with Gasteiger partial charge in [-0.2, -0.15) is 0 Å². The predicted molar refractivity (Wildman–Crippen MR) is 62.0 cm³/mol. The number of hydrogen-bond donors (Lipinski definition) is 1. The van der Waals surface area contributed by atoms with Crippen LogP contribution in [0.15, 0.2) is 23.6 Å². The molecule has 2 aromatic rings. The molecule has 0 aliphatic carbocycles. The highest BCUT2D eigenvalue weighted by atomic mass is 35.5. The summed E-state index contributed by atoms with van der Waals surface area (Å²) in [7, 11) is 0. The quantitative estimate of drug-likeness (QED) is 0.803. The Morgan fingerprint density at radius 3 is 2.85 bits per heavy atom. The van der Waals surface area contributed by atoms with Crippen LogP contribution in [0, 0.1) is 0 Å². The van der Waals surface area contributed by atoms with Gasteiger partial charge in [0.15, 0.2) is 0 Å². The van der Waals surface area contributed by atoms with Gasteiger partial charge in [0.05, 0.1) is 9.72 Å². The smallest absolute Gasteiger partial charge is 0.0584 e. The Balaban J connectivity index is 0.000000845. The summed E-state index contributed by atoms with van der Waals surface area (Å²) in [5, 5.41) is 4.07. The molecule has 0 amide bonds. The van der Waals surface area contributed by atoms with Crippen molar-refractivity contribution in [1.82, 2.24) is 0 Å². The minimum absolute atomic E-state index is 0. The summed E-state index contributed by atoms with van der Waals surface area (Å²) in [6, 6.07) is 5.91. The molecule has 0 spiro atoms. The van der Waals surface area contributed by atoms with Gasteiger partial charge < -0.3 is 5.73 Å². The van der Waals surface area contributed by atoms with Gasteiger partial charge in [0.2, 0.25) is 0 Å². The van der Waals surface area contributed by atoms with E-state index in [9.17, 15) is 0 Å². The van der Waals surface area contributed by atoms with Crippen molar-refractivity contribution < 1.29 is 0 Å². The van der Waals surface area contributed by atoms with Crippen molar-refractivity contribution in [2.75, 3.05) is 0 Å². The standard InChI is InChI=1S/C9H8ClNS.ClH/c10-8-3-1-2-7-6(4-11)5-12-9(7)8;/h1-3,5H,4,11H2;1H. The van der Waals surface area contributed by atoms with E-state index >= 15 is 0 Å². The zero-order chi connectivity index (χ0) is 8.55. The van der Waals surface area contributed by atoms with E-state index in [1.807, 2.05) is 12.1 Å². The minimum Gasteiger partial charge on any atom is -0.326 e. The van der Waals surface area contributed by atoms with E-state index in [0.717, 1.165) is 9.72 Å². The topological polar surface area (TPSA) is 26.0 Å². The van der Waals surface area contributed by atoms with Crippen LogP contribution in [-0.2, 0) is 6.54 Å². The Labute approximate surface area is 91.9 Å². The molecule has 70 valence electrons. The van der Waals surface area contributed by atoms with E-state index < -0.39 is 0 Å². The van der Waals surface area contributed by atoms with Crippen molar-refractivity contribution in [3.05, 3.63) is 34.2 Å². The average molecular weight is 234 g/mol. The fourth-order valence-corrected chi connectivity index (χ4v) is 2.53. The van der Waals surface area contributed by atoms with Crippen LogP contribution in [0.5, 0.6) is 0 Å². The summed E-state index contributed by atoms with van der Waals surface area (Å²) in [6.07, 6.45) is 0. The molecular formula is C9H9Cl2NS. The van der Waals surface area contributed by atoms with Crippen LogP contribution in [0.3, 0.4) is 0 Å². The highest BCUT2D eigenvalue weighted by molar-refractivity contribution is 7.18. The fourth-order valence-electron chi connectivity index (χ4n) is 1.23. The second-order valence-corrected chi connectivity index (χ2v) is 3.87. The molecule has 0 aliphatic rings. The number of benzene rings is 1. The lowest BCUT2D eigenvalue weighted by Crippen LogP contribution is -1.93. The normalized spacial score (nSPS) is 10.0. The predicted octanol–water partition coefficient (Wildman–Crippen LogP) is 3.44. The molecule has 2 rings (SSSR count). The second-order valence-electron chi connectivity index (χ2n) is 2.58. The van der Waals surface area contributed by atoms with Gasteiger partial charge in [0.25, 0.3) is 0 Å². The molecule has 0 bridgehead atoms. The molecular weight excluding hydrogens is 225 g/mol. The van der Waals surface area contributed by atoms with Gasteiger partial charge in [0.1, 0.15) is 0 Å². The van der Waals surface area contributed by atoms with Crippen LogP contribution in [0.4, 0.5) is 0 Å². The maximum atomic E-state index is 6.00. The molecule has 13 heavy (non-hydrogen) atoms. The molecule has 1 aromatic carbocycles. The Kier molecular flexibility index (Phi) is 3.56. The molecule has 1 nitrogen and oxygen atoms in total. The maximum absolute atomic E-state index is 6.00. The lowest BCUT2D eigenvalue weighted by Gasteiger charge is -1.94. The fraction of sp³-hybridized carbons (Fsp3) is 0.111. The van der Waals surface area contributed by atoms with Crippen LogP contribution in [0.2, 0.25) is 5.02 Å². The van der Waals surface area contributed by atoms with Crippen molar-refractivity contribution >= 4 is 45.4 Å². The van der Waals surface area contributed by atoms with E-state index in [2.05, 4.69) is 11.4 Å². The molecule has 0 unspecified atom stereocenters. The Morgan fingerprint density at radius 1 is 1.38 bits per heavy atom. The number of fused-ring (bicyclic) bond motifs is 1. The third kappa shape index (κ3) is 1.81. The van der Waals surface area contributed by atoms with Crippen molar-refractivity contribution in [2.24, 2.45) is 5.73 Å². The lowest BCUT2D eigenvalue weighted by molar-refractivity contribution is 1.09. The second kappa shape index (κ2) is 4.29. The number of hydrogen-bond acceptors (Lipinski definition) is 2. The van der Waals surface area contributed by atoms with Gasteiger partial charge in [-0.3, -0.25) is 0 Å². The van der Waals surface area contributed by atoms with E-state index in [-0.39, 0.29) is 12.4 Å². The van der Waals surface area contributed by atoms with E-state index in [0.29, 0.717) is 6.54 Å². The van der Waals surface area contributed by atoms with Crippen LogP contribution in [0.1, 0.15) is 5.56 Å². The molecule has 0 saturated heterocycles. The first kappa shape index (κ1) is 10.8. The molecule has 0 fully saturated rings. The largest absolute Gasteiger partial charge is 0.326 e. The first-order valence-electron chi connectivity index (χ1n) is 3.67. The van der Waals surface area contributed by atoms with E-state index in [1.54, 1.807) is 11.3 Å². The lowest BCUT2D eigenvalue weighted by atomic mass is 10.2. The molecule has 4 heteroatoms. The minimum atomic E-state index is 0. The molecule has 0 saturated carbocycles. The van der Waals surface area contributed by atoms with Crippen molar-refractivity contribution in [2.45, 2.75) is 6.54 Å². The van der Waals surface area contributed by atoms with Crippen LogP contribution < -0.4 is 5.73 Å². The SMILES string of the molecule is Cl.NCc1csc2c(Cl)cccc12. The third-order valence-corrected chi connectivity index (χ3v) is 3.36. The first-order valence-corrected chi connectivity index (χ1v) is 4.93. The van der Waals surface area contributed by atoms with Crippen molar-refractivity contribution in [3.8, 4) is 0 Å². The third-order valence-electron chi connectivity index (χ3n) is 1.85.